The van der Waals surface area contributed by atoms with Gasteiger partial charge in [0.1, 0.15) is 0 Å². The summed E-state index contributed by atoms with van der Waals surface area (Å²) in [5, 5.41) is 0. The SMILES string of the molecule is CCn1cncc1C1CN=C(N)O1. The Morgan fingerprint density at radius 3 is 3.23 bits per heavy atom. The van der Waals surface area contributed by atoms with Gasteiger partial charge in [-0.15, -0.1) is 0 Å². The van der Waals surface area contributed by atoms with Gasteiger partial charge < -0.3 is 15.0 Å². The van der Waals surface area contributed by atoms with Crippen molar-refractivity contribution in [1.29, 1.82) is 0 Å². The number of nitrogens with two attached hydrogens (primary N) is 1. The number of ether oxygens (including phenoxy) is 1. The number of imidazole rings is 1. The molecule has 1 aliphatic rings. The van der Waals surface area contributed by atoms with E-state index in [1.54, 1.807) is 12.5 Å². The number of aryl methyl sites for hydroxylation is 1. The highest BCUT2D eigenvalue weighted by Gasteiger charge is 2.22. The fourth-order valence-corrected chi connectivity index (χ4v) is 1.41. The van der Waals surface area contributed by atoms with E-state index in [0.717, 1.165) is 12.2 Å². The van der Waals surface area contributed by atoms with Crippen LogP contribution in [0.1, 0.15) is 18.7 Å². The van der Waals surface area contributed by atoms with Gasteiger partial charge in [-0.05, 0) is 6.92 Å². The van der Waals surface area contributed by atoms with Crippen molar-refractivity contribution in [2.45, 2.75) is 19.6 Å². The molecule has 1 aliphatic heterocycles. The van der Waals surface area contributed by atoms with E-state index in [9.17, 15) is 0 Å². The first-order chi connectivity index (χ1) is 6.31. The molecule has 13 heavy (non-hydrogen) atoms. The standard InChI is InChI=1S/C8H12N4O/c1-2-12-5-10-3-6(12)7-4-11-8(9)13-7/h3,5,7H,2,4H2,1H3,(H2,9,11). The second kappa shape index (κ2) is 3.08. The number of rotatable bonds is 2. The number of aliphatic imine (C=N–C) groups is 1. The van der Waals surface area contributed by atoms with Crippen LogP contribution in [-0.4, -0.2) is 22.1 Å². The number of amidine groups is 1. The molecule has 0 spiro atoms. The maximum absolute atomic E-state index is 5.42. The van der Waals surface area contributed by atoms with Crippen molar-refractivity contribution in [3.8, 4) is 0 Å². The monoisotopic (exact) mass is 180 g/mol. The van der Waals surface area contributed by atoms with Crippen LogP contribution in [0.25, 0.3) is 0 Å². The van der Waals surface area contributed by atoms with Crippen molar-refractivity contribution < 1.29 is 4.74 Å². The van der Waals surface area contributed by atoms with Gasteiger partial charge in [0.2, 0.25) is 0 Å². The lowest BCUT2D eigenvalue weighted by Crippen LogP contribution is -2.15. The third-order valence-corrected chi connectivity index (χ3v) is 2.09. The zero-order valence-electron chi connectivity index (χ0n) is 7.47. The van der Waals surface area contributed by atoms with Crippen molar-refractivity contribution in [3.05, 3.63) is 18.2 Å². The predicted octanol–water partition coefficient (Wildman–Crippen LogP) is 0.289. The summed E-state index contributed by atoms with van der Waals surface area (Å²) in [6, 6.07) is 0.272. The Kier molecular flexibility index (Phi) is 1.92. The van der Waals surface area contributed by atoms with Crippen LogP contribution in [0.3, 0.4) is 0 Å². The molecule has 5 heteroatoms. The van der Waals surface area contributed by atoms with Crippen molar-refractivity contribution in [1.82, 2.24) is 9.55 Å². The van der Waals surface area contributed by atoms with Crippen LogP contribution >= 0.6 is 0 Å². The average Bonchev–Trinajstić information content (AvgIpc) is 2.71. The highest BCUT2D eigenvalue weighted by atomic mass is 16.5. The molecular formula is C8H12N4O. The first-order valence-electron chi connectivity index (χ1n) is 4.28. The van der Waals surface area contributed by atoms with Gasteiger partial charge in [-0.3, -0.25) is 0 Å². The molecule has 0 aliphatic carbocycles. The quantitative estimate of drug-likeness (QED) is 0.711. The van der Waals surface area contributed by atoms with Crippen LogP contribution in [-0.2, 0) is 11.3 Å². The minimum absolute atomic E-state index is 0.0533. The van der Waals surface area contributed by atoms with Crippen LogP contribution in [0.2, 0.25) is 0 Å². The fraction of sp³-hybridized carbons (Fsp3) is 0.500. The number of hydrogen-bond donors (Lipinski definition) is 1. The summed E-state index contributed by atoms with van der Waals surface area (Å²) in [5.41, 5.74) is 6.45. The van der Waals surface area contributed by atoms with Gasteiger partial charge in [-0.1, -0.05) is 0 Å². The van der Waals surface area contributed by atoms with Gasteiger partial charge in [0.25, 0.3) is 6.02 Å². The lowest BCUT2D eigenvalue weighted by molar-refractivity contribution is 0.216. The molecule has 0 fully saturated rings. The molecule has 70 valence electrons. The average molecular weight is 180 g/mol. The zero-order chi connectivity index (χ0) is 9.26. The number of aromatic nitrogens is 2. The largest absolute Gasteiger partial charge is 0.454 e. The van der Waals surface area contributed by atoms with Gasteiger partial charge >= 0.3 is 0 Å². The second-order valence-corrected chi connectivity index (χ2v) is 2.89. The topological polar surface area (TPSA) is 65.4 Å². The highest BCUT2D eigenvalue weighted by Crippen LogP contribution is 2.21. The molecule has 0 bridgehead atoms. The van der Waals surface area contributed by atoms with E-state index in [0.29, 0.717) is 6.54 Å². The summed E-state index contributed by atoms with van der Waals surface area (Å²) in [7, 11) is 0. The minimum atomic E-state index is -0.0533. The summed E-state index contributed by atoms with van der Waals surface area (Å²) in [6.07, 6.45) is 3.53. The summed E-state index contributed by atoms with van der Waals surface area (Å²) in [6.45, 7) is 3.54. The Morgan fingerprint density at radius 1 is 1.77 bits per heavy atom. The molecule has 0 saturated heterocycles. The molecule has 0 aromatic carbocycles. The van der Waals surface area contributed by atoms with Crippen LogP contribution < -0.4 is 5.73 Å². The molecule has 1 aromatic rings. The third-order valence-electron chi connectivity index (χ3n) is 2.09. The minimum Gasteiger partial charge on any atom is -0.454 e. The number of hydrogen-bond acceptors (Lipinski definition) is 4. The van der Waals surface area contributed by atoms with Gasteiger partial charge in [0.15, 0.2) is 6.10 Å². The summed E-state index contributed by atoms with van der Waals surface area (Å²) in [4.78, 5) is 8.03. The summed E-state index contributed by atoms with van der Waals surface area (Å²) < 4.78 is 7.34. The van der Waals surface area contributed by atoms with Crippen molar-refractivity contribution in [2.24, 2.45) is 10.7 Å². The fourth-order valence-electron chi connectivity index (χ4n) is 1.41. The maximum atomic E-state index is 5.42. The molecule has 1 aromatic heterocycles. The van der Waals surface area contributed by atoms with E-state index >= 15 is 0 Å². The van der Waals surface area contributed by atoms with Crippen molar-refractivity contribution >= 4 is 6.02 Å². The molecule has 0 saturated carbocycles. The maximum Gasteiger partial charge on any atom is 0.282 e. The van der Waals surface area contributed by atoms with E-state index < -0.39 is 0 Å². The Hall–Kier alpha value is -1.52. The molecule has 1 unspecified atom stereocenters. The number of nitrogens with zero attached hydrogens (tertiary/aromatic N) is 3. The Balaban J connectivity index is 2.18. The molecule has 0 radical (unpaired) electrons. The Morgan fingerprint density at radius 2 is 2.62 bits per heavy atom. The lowest BCUT2D eigenvalue weighted by Gasteiger charge is -2.11. The summed E-state index contributed by atoms with van der Waals surface area (Å²) >= 11 is 0. The molecule has 1 atom stereocenters. The van der Waals surface area contributed by atoms with E-state index in [1.807, 2.05) is 4.57 Å². The normalized spacial score (nSPS) is 21.3. The van der Waals surface area contributed by atoms with Crippen LogP contribution in [0.15, 0.2) is 17.5 Å². The van der Waals surface area contributed by atoms with Crippen LogP contribution in [0.5, 0.6) is 0 Å². The second-order valence-electron chi connectivity index (χ2n) is 2.89. The summed E-state index contributed by atoms with van der Waals surface area (Å²) in [5.74, 6) is 0. The van der Waals surface area contributed by atoms with E-state index in [2.05, 4.69) is 16.9 Å². The van der Waals surface area contributed by atoms with Crippen molar-refractivity contribution in [3.63, 3.8) is 0 Å². The van der Waals surface area contributed by atoms with Crippen LogP contribution in [0.4, 0.5) is 0 Å². The smallest absolute Gasteiger partial charge is 0.282 e. The molecule has 2 heterocycles. The first-order valence-corrected chi connectivity index (χ1v) is 4.28. The van der Waals surface area contributed by atoms with Gasteiger partial charge in [0, 0.05) is 6.54 Å². The van der Waals surface area contributed by atoms with Crippen LogP contribution in [0, 0.1) is 0 Å². The molecule has 2 N–H and O–H groups in total. The van der Waals surface area contributed by atoms with E-state index in [-0.39, 0.29) is 12.1 Å². The molecule has 2 rings (SSSR count). The Bertz CT molecular complexity index is 331. The van der Waals surface area contributed by atoms with Gasteiger partial charge in [0.05, 0.1) is 24.8 Å². The van der Waals surface area contributed by atoms with Gasteiger partial charge in [-0.2, -0.15) is 0 Å². The molecule has 0 amide bonds. The van der Waals surface area contributed by atoms with Crippen molar-refractivity contribution in [2.75, 3.05) is 6.54 Å². The first kappa shape index (κ1) is 8.10. The van der Waals surface area contributed by atoms with E-state index in [1.165, 1.54) is 0 Å². The van der Waals surface area contributed by atoms with E-state index in [4.69, 9.17) is 10.5 Å². The molecule has 5 nitrogen and oxygen atoms in total. The third kappa shape index (κ3) is 1.37. The molecular weight excluding hydrogens is 168 g/mol. The van der Waals surface area contributed by atoms with Gasteiger partial charge in [-0.25, -0.2) is 9.98 Å². The zero-order valence-corrected chi connectivity index (χ0v) is 7.47. The lowest BCUT2D eigenvalue weighted by atomic mass is 10.3. The predicted molar refractivity (Wildman–Crippen MR) is 48.2 cm³/mol. The Labute approximate surface area is 76.2 Å². The highest BCUT2D eigenvalue weighted by molar-refractivity contribution is 5.73.